The second kappa shape index (κ2) is 7.14. The molecule has 0 bridgehead atoms. The number of methoxy groups -OCH3 is 1. The van der Waals surface area contributed by atoms with Gasteiger partial charge in [-0.3, -0.25) is 0 Å². The van der Waals surface area contributed by atoms with Crippen LogP contribution in [0.4, 0.5) is 5.69 Å². The molecule has 21 heavy (non-hydrogen) atoms. The van der Waals surface area contributed by atoms with Crippen LogP contribution in [0.15, 0.2) is 12.1 Å². The van der Waals surface area contributed by atoms with Gasteiger partial charge in [0.15, 0.2) is 5.82 Å². The second-order valence-corrected chi connectivity index (χ2v) is 4.85. The maximum absolute atomic E-state index is 5.98. The summed E-state index contributed by atoms with van der Waals surface area (Å²) in [5.41, 5.74) is 9.82. The number of nitrogen functional groups attached to an aromatic ring is 1. The highest BCUT2D eigenvalue weighted by atomic mass is 16.5. The first kappa shape index (κ1) is 15.4. The van der Waals surface area contributed by atoms with Crippen LogP contribution >= 0.6 is 0 Å². The van der Waals surface area contributed by atoms with E-state index in [-0.39, 0.29) is 0 Å². The molecular formula is C14H21N5O2. The summed E-state index contributed by atoms with van der Waals surface area (Å²) in [4.78, 5) is 0. The maximum atomic E-state index is 5.98. The lowest BCUT2D eigenvalue weighted by Crippen LogP contribution is -2.12. The van der Waals surface area contributed by atoms with Crippen LogP contribution in [0, 0.1) is 13.8 Å². The van der Waals surface area contributed by atoms with Gasteiger partial charge in [0.1, 0.15) is 0 Å². The van der Waals surface area contributed by atoms with Crippen molar-refractivity contribution in [3.8, 4) is 11.4 Å². The number of hydrogen-bond acceptors (Lipinski definition) is 6. The molecule has 0 aliphatic heterocycles. The number of anilines is 1. The van der Waals surface area contributed by atoms with E-state index in [1.54, 1.807) is 11.8 Å². The van der Waals surface area contributed by atoms with E-state index in [1.807, 2.05) is 26.0 Å². The number of nitrogens with zero attached hydrogens (tertiary/aromatic N) is 4. The fraction of sp³-hybridized carbons (Fsp3) is 0.500. The van der Waals surface area contributed by atoms with Gasteiger partial charge in [-0.2, -0.15) is 0 Å². The smallest absolute Gasteiger partial charge is 0.182 e. The van der Waals surface area contributed by atoms with Crippen LogP contribution in [-0.4, -0.2) is 47.1 Å². The molecule has 7 heteroatoms. The molecule has 114 valence electrons. The van der Waals surface area contributed by atoms with Crippen LogP contribution in [0.25, 0.3) is 11.4 Å². The first-order valence-electron chi connectivity index (χ1n) is 6.83. The maximum Gasteiger partial charge on any atom is 0.182 e. The van der Waals surface area contributed by atoms with E-state index in [1.165, 1.54) is 0 Å². The number of ether oxygens (including phenoxy) is 2. The predicted molar refractivity (Wildman–Crippen MR) is 79.8 cm³/mol. The molecule has 0 spiro atoms. The molecule has 2 rings (SSSR count). The average molecular weight is 291 g/mol. The third-order valence-electron chi connectivity index (χ3n) is 3.27. The second-order valence-electron chi connectivity index (χ2n) is 4.85. The lowest BCUT2D eigenvalue weighted by atomic mass is 10.0. The summed E-state index contributed by atoms with van der Waals surface area (Å²) in [6, 6.07) is 3.96. The van der Waals surface area contributed by atoms with E-state index >= 15 is 0 Å². The lowest BCUT2D eigenvalue weighted by Gasteiger charge is -2.10. The van der Waals surface area contributed by atoms with E-state index in [0.29, 0.717) is 32.2 Å². The summed E-state index contributed by atoms with van der Waals surface area (Å²) in [5.74, 6) is 0.703. The Labute approximate surface area is 124 Å². The molecule has 0 fully saturated rings. The van der Waals surface area contributed by atoms with Crippen LogP contribution < -0.4 is 5.73 Å². The zero-order chi connectivity index (χ0) is 15.2. The summed E-state index contributed by atoms with van der Waals surface area (Å²) in [6.07, 6.45) is 0. The SMILES string of the molecule is COCCOCCn1nnnc1-c1cc(N)c(C)cc1C. The molecule has 0 saturated carbocycles. The fourth-order valence-electron chi connectivity index (χ4n) is 2.05. The molecular weight excluding hydrogens is 270 g/mol. The zero-order valence-corrected chi connectivity index (χ0v) is 12.7. The predicted octanol–water partition coefficient (Wildman–Crippen LogP) is 1.20. The minimum atomic E-state index is 0.530. The van der Waals surface area contributed by atoms with Crippen molar-refractivity contribution < 1.29 is 9.47 Å². The number of hydrogen-bond donors (Lipinski definition) is 1. The molecule has 0 aliphatic carbocycles. The van der Waals surface area contributed by atoms with Gasteiger partial charge in [0.2, 0.25) is 0 Å². The quantitative estimate of drug-likeness (QED) is 0.609. The zero-order valence-electron chi connectivity index (χ0n) is 12.7. The summed E-state index contributed by atoms with van der Waals surface area (Å²) < 4.78 is 12.1. The Kier molecular flexibility index (Phi) is 5.24. The molecule has 0 atom stereocenters. The largest absolute Gasteiger partial charge is 0.398 e. The topological polar surface area (TPSA) is 88.1 Å². The Balaban J connectivity index is 2.11. The Morgan fingerprint density at radius 2 is 1.95 bits per heavy atom. The monoisotopic (exact) mass is 291 g/mol. The van der Waals surface area contributed by atoms with Gasteiger partial charge in [0.25, 0.3) is 0 Å². The molecule has 0 radical (unpaired) electrons. The highest BCUT2D eigenvalue weighted by Gasteiger charge is 2.12. The molecule has 0 amide bonds. The standard InChI is InChI=1S/C14H21N5O2/c1-10-8-11(2)13(15)9-12(10)14-16-17-18-19(14)4-5-21-7-6-20-3/h8-9H,4-7,15H2,1-3H3. The van der Waals surface area contributed by atoms with Gasteiger partial charge in [-0.05, 0) is 41.5 Å². The molecule has 1 aromatic carbocycles. The minimum Gasteiger partial charge on any atom is -0.398 e. The van der Waals surface area contributed by atoms with Crippen molar-refractivity contribution in [1.82, 2.24) is 20.2 Å². The fourth-order valence-corrected chi connectivity index (χ4v) is 2.05. The van der Waals surface area contributed by atoms with Gasteiger partial charge in [-0.25, -0.2) is 4.68 Å². The average Bonchev–Trinajstić information content (AvgIpc) is 2.91. The molecule has 7 nitrogen and oxygen atoms in total. The van der Waals surface area contributed by atoms with Crippen molar-refractivity contribution in [2.24, 2.45) is 0 Å². The first-order valence-corrected chi connectivity index (χ1v) is 6.83. The summed E-state index contributed by atoms with van der Waals surface area (Å²) in [5, 5.41) is 11.9. The van der Waals surface area contributed by atoms with Crippen LogP contribution in [0.3, 0.4) is 0 Å². The van der Waals surface area contributed by atoms with Gasteiger partial charge >= 0.3 is 0 Å². The van der Waals surface area contributed by atoms with Crippen molar-refractivity contribution in [1.29, 1.82) is 0 Å². The van der Waals surface area contributed by atoms with E-state index < -0.39 is 0 Å². The van der Waals surface area contributed by atoms with Gasteiger partial charge in [0.05, 0.1) is 26.4 Å². The molecule has 0 unspecified atom stereocenters. The molecule has 1 aromatic heterocycles. The number of nitrogens with two attached hydrogens (primary N) is 1. The minimum absolute atomic E-state index is 0.530. The van der Waals surface area contributed by atoms with Crippen molar-refractivity contribution >= 4 is 5.69 Å². The first-order chi connectivity index (χ1) is 10.1. The van der Waals surface area contributed by atoms with Gasteiger partial charge in [0, 0.05) is 18.4 Å². The van der Waals surface area contributed by atoms with Crippen LogP contribution in [0.5, 0.6) is 0 Å². The molecule has 1 heterocycles. The Morgan fingerprint density at radius 1 is 1.14 bits per heavy atom. The number of tetrazole rings is 1. The highest BCUT2D eigenvalue weighted by Crippen LogP contribution is 2.25. The summed E-state index contributed by atoms with van der Waals surface area (Å²) in [7, 11) is 1.65. The van der Waals surface area contributed by atoms with Crippen molar-refractivity contribution in [3.05, 3.63) is 23.3 Å². The van der Waals surface area contributed by atoms with E-state index in [0.717, 1.165) is 22.4 Å². The number of rotatable bonds is 7. The summed E-state index contributed by atoms with van der Waals surface area (Å²) >= 11 is 0. The van der Waals surface area contributed by atoms with E-state index in [4.69, 9.17) is 15.2 Å². The number of aromatic nitrogens is 4. The van der Waals surface area contributed by atoms with E-state index in [9.17, 15) is 0 Å². The van der Waals surface area contributed by atoms with Crippen molar-refractivity contribution in [3.63, 3.8) is 0 Å². The third-order valence-corrected chi connectivity index (χ3v) is 3.27. The number of aryl methyl sites for hydroxylation is 2. The highest BCUT2D eigenvalue weighted by molar-refractivity contribution is 5.67. The third kappa shape index (κ3) is 3.77. The Bertz CT molecular complexity index is 597. The normalized spacial score (nSPS) is 11.0. The van der Waals surface area contributed by atoms with Crippen molar-refractivity contribution in [2.45, 2.75) is 20.4 Å². The van der Waals surface area contributed by atoms with Crippen LogP contribution in [-0.2, 0) is 16.0 Å². The van der Waals surface area contributed by atoms with E-state index in [2.05, 4.69) is 15.5 Å². The van der Waals surface area contributed by atoms with Crippen molar-refractivity contribution in [2.75, 3.05) is 32.7 Å². The molecule has 2 aromatic rings. The Morgan fingerprint density at radius 3 is 2.71 bits per heavy atom. The Hall–Kier alpha value is -1.99. The molecule has 0 aliphatic rings. The van der Waals surface area contributed by atoms with Crippen LogP contribution in [0.2, 0.25) is 0 Å². The van der Waals surface area contributed by atoms with Gasteiger partial charge in [-0.1, -0.05) is 6.07 Å². The van der Waals surface area contributed by atoms with Gasteiger partial charge in [-0.15, -0.1) is 5.10 Å². The van der Waals surface area contributed by atoms with Crippen LogP contribution in [0.1, 0.15) is 11.1 Å². The molecule has 0 saturated heterocycles. The number of benzene rings is 1. The lowest BCUT2D eigenvalue weighted by molar-refractivity contribution is 0.0654. The summed E-state index contributed by atoms with van der Waals surface area (Å²) in [6.45, 7) is 6.26. The molecule has 2 N–H and O–H groups in total. The van der Waals surface area contributed by atoms with Gasteiger partial charge < -0.3 is 15.2 Å².